The fourth-order valence-electron chi connectivity index (χ4n) is 4.37. The first-order valence-corrected chi connectivity index (χ1v) is 9.62. The number of piperazine rings is 1. The summed E-state index contributed by atoms with van der Waals surface area (Å²) in [5.74, 6) is 0.732. The molecule has 0 saturated carbocycles. The average molecular weight is 373 g/mol. The number of halogens is 1. The van der Waals surface area contributed by atoms with Crippen molar-refractivity contribution in [2.45, 2.75) is 58.3 Å². The second-order valence-corrected chi connectivity index (χ2v) is 9.01. The third-order valence-electron chi connectivity index (χ3n) is 5.43. The van der Waals surface area contributed by atoms with Crippen LogP contribution in [-0.4, -0.2) is 62.9 Å². The van der Waals surface area contributed by atoms with E-state index >= 15 is 0 Å². The summed E-state index contributed by atoms with van der Waals surface area (Å²) in [4.78, 5) is 24.8. The lowest BCUT2D eigenvalue weighted by Gasteiger charge is -2.56. The monoisotopic (exact) mass is 373 g/mol. The molecule has 1 amide bonds. The minimum absolute atomic E-state index is 0.0976. The molecule has 3 saturated heterocycles. The van der Waals surface area contributed by atoms with Crippen LogP contribution in [0, 0.1) is 12.7 Å². The molecule has 3 fully saturated rings. The van der Waals surface area contributed by atoms with E-state index in [4.69, 9.17) is 0 Å². The molecule has 1 aromatic carbocycles. The van der Waals surface area contributed by atoms with Crippen molar-refractivity contribution in [3.63, 3.8) is 0 Å². The number of imidazole rings is 1. The largest absolute Gasteiger partial charge is 0.350 e. The second kappa shape index (κ2) is 6.56. The number of aromatic amines is 1. The fourth-order valence-corrected chi connectivity index (χ4v) is 4.37. The van der Waals surface area contributed by atoms with Crippen LogP contribution in [0.15, 0.2) is 12.1 Å². The molecule has 0 aliphatic carbocycles. The molecule has 2 aromatic rings. The van der Waals surface area contributed by atoms with Crippen LogP contribution in [0.25, 0.3) is 11.0 Å². The molecule has 5 rings (SSSR count). The van der Waals surface area contributed by atoms with Crippen LogP contribution in [0.2, 0.25) is 0 Å². The Morgan fingerprint density at radius 1 is 1.33 bits per heavy atom. The maximum absolute atomic E-state index is 13.6. The number of piperidine rings is 1. The number of carbonyl (C=O) groups excluding carboxylic acids is 1. The Bertz CT molecular complexity index is 859. The minimum atomic E-state index is -0.237. The van der Waals surface area contributed by atoms with Gasteiger partial charge in [0.15, 0.2) is 0 Å². The van der Waals surface area contributed by atoms with Crippen molar-refractivity contribution in [2.24, 2.45) is 0 Å². The van der Waals surface area contributed by atoms with Gasteiger partial charge in [-0.1, -0.05) is 0 Å². The van der Waals surface area contributed by atoms with Gasteiger partial charge in [0.05, 0.1) is 24.1 Å². The SMILES string of the molecule is Cc1cc(F)cc2[nH]c(CN3CC4CC(C3)N4CC(=O)NC(C)(C)C)nc12. The number of nitrogens with zero attached hydrogens (tertiary/aromatic N) is 3. The molecule has 1 aromatic heterocycles. The summed E-state index contributed by atoms with van der Waals surface area (Å²) in [7, 11) is 0. The number of benzene rings is 1. The zero-order valence-corrected chi connectivity index (χ0v) is 16.5. The Kier molecular flexibility index (Phi) is 4.47. The fraction of sp³-hybridized carbons (Fsp3) is 0.600. The van der Waals surface area contributed by atoms with E-state index in [0.717, 1.165) is 48.5 Å². The van der Waals surface area contributed by atoms with Gasteiger partial charge in [-0.15, -0.1) is 0 Å². The first-order chi connectivity index (χ1) is 12.7. The molecule has 27 heavy (non-hydrogen) atoms. The van der Waals surface area contributed by atoms with E-state index in [1.165, 1.54) is 12.1 Å². The van der Waals surface area contributed by atoms with Crippen LogP contribution in [0.1, 0.15) is 38.6 Å². The number of aromatic nitrogens is 2. The molecule has 2 atom stereocenters. The van der Waals surface area contributed by atoms with E-state index in [1.54, 1.807) is 0 Å². The lowest BCUT2D eigenvalue weighted by Crippen LogP contribution is -2.69. The number of H-pyrrole nitrogens is 1. The molecule has 7 heteroatoms. The van der Waals surface area contributed by atoms with E-state index in [2.05, 4.69) is 25.1 Å². The Morgan fingerprint density at radius 2 is 2.04 bits per heavy atom. The van der Waals surface area contributed by atoms with Gasteiger partial charge in [-0.05, 0) is 51.8 Å². The lowest BCUT2D eigenvalue weighted by atomic mass is 9.87. The van der Waals surface area contributed by atoms with Crippen molar-refractivity contribution in [3.05, 3.63) is 29.3 Å². The van der Waals surface area contributed by atoms with Crippen molar-refractivity contribution in [3.8, 4) is 0 Å². The maximum atomic E-state index is 13.6. The highest BCUT2D eigenvalue weighted by atomic mass is 19.1. The molecular formula is C20H28FN5O. The van der Waals surface area contributed by atoms with Crippen molar-refractivity contribution in [1.82, 2.24) is 25.1 Å². The Balaban J connectivity index is 1.36. The number of rotatable bonds is 4. The quantitative estimate of drug-likeness (QED) is 0.862. The van der Waals surface area contributed by atoms with Gasteiger partial charge in [-0.3, -0.25) is 14.6 Å². The van der Waals surface area contributed by atoms with Gasteiger partial charge in [0.25, 0.3) is 0 Å². The normalized spacial score (nSPS) is 23.4. The van der Waals surface area contributed by atoms with Gasteiger partial charge < -0.3 is 10.3 Å². The van der Waals surface area contributed by atoms with Crippen molar-refractivity contribution in [2.75, 3.05) is 19.6 Å². The third kappa shape index (κ3) is 3.84. The van der Waals surface area contributed by atoms with E-state index in [9.17, 15) is 9.18 Å². The van der Waals surface area contributed by atoms with Crippen LogP contribution >= 0.6 is 0 Å². The van der Waals surface area contributed by atoms with Gasteiger partial charge >= 0.3 is 0 Å². The highest BCUT2D eigenvalue weighted by Gasteiger charge is 2.45. The number of aryl methyl sites for hydroxylation is 1. The number of fused-ring (bicyclic) bond motifs is 3. The molecule has 4 heterocycles. The van der Waals surface area contributed by atoms with E-state index < -0.39 is 0 Å². The second-order valence-electron chi connectivity index (χ2n) is 9.01. The zero-order chi connectivity index (χ0) is 19.3. The summed E-state index contributed by atoms with van der Waals surface area (Å²) in [5.41, 5.74) is 2.26. The first-order valence-electron chi connectivity index (χ1n) is 9.62. The summed E-state index contributed by atoms with van der Waals surface area (Å²) in [6, 6.07) is 3.88. The number of hydrogen-bond donors (Lipinski definition) is 2. The van der Waals surface area contributed by atoms with Crippen molar-refractivity contribution >= 4 is 16.9 Å². The molecule has 3 aliphatic heterocycles. The first kappa shape index (κ1) is 18.4. The molecule has 6 nitrogen and oxygen atoms in total. The highest BCUT2D eigenvalue weighted by molar-refractivity contribution is 5.79. The number of carbonyl (C=O) groups is 1. The summed E-state index contributed by atoms with van der Waals surface area (Å²) < 4.78 is 13.6. The van der Waals surface area contributed by atoms with Gasteiger partial charge in [-0.25, -0.2) is 9.37 Å². The van der Waals surface area contributed by atoms with Gasteiger partial charge in [-0.2, -0.15) is 0 Å². The Hall–Kier alpha value is -1.99. The maximum Gasteiger partial charge on any atom is 0.234 e. The topological polar surface area (TPSA) is 64.3 Å². The van der Waals surface area contributed by atoms with E-state index in [-0.39, 0.29) is 17.3 Å². The van der Waals surface area contributed by atoms with Crippen molar-refractivity contribution < 1.29 is 9.18 Å². The van der Waals surface area contributed by atoms with Crippen LogP contribution in [0.4, 0.5) is 4.39 Å². The molecule has 146 valence electrons. The van der Waals surface area contributed by atoms with E-state index in [0.29, 0.717) is 18.6 Å². The van der Waals surface area contributed by atoms with Gasteiger partial charge in [0.1, 0.15) is 11.6 Å². The average Bonchev–Trinajstić information content (AvgIpc) is 2.93. The summed E-state index contributed by atoms with van der Waals surface area (Å²) >= 11 is 0. The minimum Gasteiger partial charge on any atom is -0.350 e. The summed E-state index contributed by atoms with van der Waals surface area (Å²) in [5, 5.41) is 3.04. The third-order valence-corrected chi connectivity index (χ3v) is 5.43. The van der Waals surface area contributed by atoms with Gasteiger partial charge in [0, 0.05) is 30.7 Å². The Labute approximate surface area is 159 Å². The molecule has 3 aliphatic rings. The standard InChI is InChI=1S/C20H28FN5O/c1-12-5-13(21)6-16-19(12)23-17(22-16)10-25-8-14-7-15(9-25)26(14)11-18(27)24-20(2,3)4/h5-6,14-15H,7-11H2,1-4H3,(H,22,23)(H,24,27). The predicted molar refractivity (Wildman–Crippen MR) is 103 cm³/mol. The van der Waals surface area contributed by atoms with Crippen LogP contribution < -0.4 is 5.32 Å². The van der Waals surface area contributed by atoms with Gasteiger partial charge in [0.2, 0.25) is 5.91 Å². The molecule has 2 bridgehead atoms. The Morgan fingerprint density at radius 3 is 2.70 bits per heavy atom. The number of hydrogen-bond acceptors (Lipinski definition) is 4. The van der Waals surface area contributed by atoms with Crippen LogP contribution in [-0.2, 0) is 11.3 Å². The smallest absolute Gasteiger partial charge is 0.234 e. The molecule has 0 spiro atoms. The molecular weight excluding hydrogens is 345 g/mol. The molecule has 2 unspecified atom stereocenters. The van der Waals surface area contributed by atoms with Crippen LogP contribution in [0.5, 0.6) is 0 Å². The zero-order valence-electron chi connectivity index (χ0n) is 16.5. The lowest BCUT2D eigenvalue weighted by molar-refractivity contribution is -0.132. The predicted octanol–water partition coefficient (Wildman–Crippen LogP) is 2.18. The highest BCUT2D eigenvalue weighted by Crippen LogP contribution is 2.32. The number of nitrogens with one attached hydrogen (secondary N) is 2. The number of amides is 1. The molecule has 2 N–H and O–H groups in total. The van der Waals surface area contributed by atoms with Crippen molar-refractivity contribution in [1.29, 1.82) is 0 Å². The molecule has 0 radical (unpaired) electrons. The summed E-state index contributed by atoms with van der Waals surface area (Å²) in [6.45, 7) is 11.0. The van der Waals surface area contributed by atoms with Crippen LogP contribution in [0.3, 0.4) is 0 Å². The van der Waals surface area contributed by atoms with E-state index in [1.807, 2.05) is 27.7 Å². The summed E-state index contributed by atoms with van der Waals surface area (Å²) in [6.07, 6.45) is 1.16.